The zero-order valence-electron chi connectivity index (χ0n) is 17.2. The van der Waals surface area contributed by atoms with Crippen molar-refractivity contribution in [1.29, 1.82) is 0 Å². The fraction of sp³-hybridized carbons (Fsp3) is 0.375. The van der Waals surface area contributed by atoms with Gasteiger partial charge in [-0.05, 0) is 56.5 Å². The minimum Gasteiger partial charge on any atom is -0.482 e. The van der Waals surface area contributed by atoms with E-state index in [2.05, 4.69) is 22.3 Å². The molecule has 0 aliphatic carbocycles. The molecule has 0 radical (unpaired) electrons. The molecule has 2 aromatic rings. The van der Waals surface area contributed by atoms with Crippen molar-refractivity contribution < 1.29 is 19.0 Å². The molecule has 3 aliphatic rings. The second-order valence-corrected chi connectivity index (χ2v) is 8.85. The monoisotopic (exact) mass is 408 g/mol. The number of likely N-dealkylation sites (tertiary alicyclic amines) is 1. The number of rotatable bonds is 2. The van der Waals surface area contributed by atoms with E-state index in [0.29, 0.717) is 22.6 Å². The van der Waals surface area contributed by atoms with Crippen LogP contribution in [0.3, 0.4) is 0 Å². The summed E-state index contributed by atoms with van der Waals surface area (Å²) in [5.74, 6) is -0.155. The number of ether oxygens (including phenoxy) is 1. The number of amides is 1. The number of nitrogens with zero attached hydrogens (tertiary/aromatic N) is 1. The zero-order valence-corrected chi connectivity index (χ0v) is 17.2. The smallest absolute Gasteiger partial charge is 0.260 e. The van der Waals surface area contributed by atoms with E-state index < -0.39 is 5.60 Å². The fourth-order valence-electron chi connectivity index (χ4n) is 4.64. The highest BCUT2D eigenvalue weighted by Crippen LogP contribution is 2.48. The molecule has 30 heavy (non-hydrogen) atoms. The predicted molar refractivity (Wildman–Crippen MR) is 113 cm³/mol. The molecule has 3 aliphatic heterocycles. The molecule has 0 bridgehead atoms. The first-order valence-corrected chi connectivity index (χ1v) is 10.4. The van der Waals surface area contributed by atoms with Gasteiger partial charge in [-0.1, -0.05) is 12.1 Å². The average Bonchev–Trinajstić information content (AvgIpc) is 3.16. The molecule has 1 amide bonds. The molecule has 0 spiro atoms. The maximum Gasteiger partial charge on any atom is 0.260 e. The van der Waals surface area contributed by atoms with Crippen molar-refractivity contribution in [3.63, 3.8) is 0 Å². The van der Waals surface area contributed by atoms with Gasteiger partial charge in [0.2, 0.25) is 0 Å². The summed E-state index contributed by atoms with van der Waals surface area (Å²) >= 11 is 0. The molecule has 1 fully saturated rings. The summed E-state index contributed by atoms with van der Waals surface area (Å²) in [6.07, 6.45) is 1.43. The van der Waals surface area contributed by atoms with Crippen molar-refractivity contribution in [3.05, 3.63) is 64.5 Å². The topological polar surface area (TPSA) is 61.8 Å². The Hall–Kier alpha value is -2.70. The summed E-state index contributed by atoms with van der Waals surface area (Å²) < 4.78 is 20.2. The second kappa shape index (κ2) is 6.93. The summed E-state index contributed by atoms with van der Waals surface area (Å²) in [4.78, 5) is 15.1. The number of hydrogen-bond acceptors (Lipinski definition) is 4. The average molecular weight is 408 g/mol. The SMILES string of the molecule is CC1(C)O/C(=C2/C(=O)Nc3ccc(F)cc32)c2ccc(CN3CCC(O)CC3)cc21. The lowest BCUT2D eigenvalue weighted by Gasteiger charge is -2.29. The normalized spacial score (nSPS) is 23.1. The quantitative estimate of drug-likeness (QED) is 0.741. The van der Waals surface area contributed by atoms with Gasteiger partial charge in [0.25, 0.3) is 5.91 Å². The van der Waals surface area contributed by atoms with Crippen LogP contribution in [-0.4, -0.2) is 35.1 Å². The third-order valence-electron chi connectivity index (χ3n) is 6.25. The van der Waals surface area contributed by atoms with Crippen molar-refractivity contribution in [3.8, 4) is 0 Å². The van der Waals surface area contributed by atoms with Crippen molar-refractivity contribution in [2.24, 2.45) is 0 Å². The van der Waals surface area contributed by atoms with E-state index in [4.69, 9.17) is 4.74 Å². The maximum absolute atomic E-state index is 13.9. The van der Waals surface area contributed by atoms with E-state index in [9.17, 15) is 14.3 Å². The Morgan fingerprint density at radius 3 is 2.70 bits per heavy atom. The molecule has 5 nitrogen and oxygen atoms in total. The van der Waals surface area contributed by atoms with Gasteiger partial charge < -0.3 is 15.2 Å². The standard InChI is InChI=1S/C24H25FN2O3/c1-24(2)19-11-14(13-27-9-7-16(28)8-10-27)3-5-17(19)22(30-24)21-18-12-15(25)4-6-20(18)26-23(21)29/h3-6,11-12,16,28H,7-10,13H2,1-2H3,(H,26,29)/b22-21+. The number of carbonyl (C=O) groups is 1. The van der Waals surface area contributed by atoms with Crippen LogP contribution in [0, 0.1) is 5.82 Å². The van der Waals surface area contributed by atoms with Crippen LogP contribution in [0.5, 0.6) is 0 Å². The fourth-order valence-corrected chi connectivity index (χ4v) is 4.64. The number of nitrogens with one attached hydrogen (secondary N) is 1. The van der Waals surface area contributed by atoms with Gasteiger partial charge in [0, 0.05) is 42.0 Å². The predicted octanol–water partition coefficient (Wildman–Crippen LogP) is 3.87. The number of fused-ring (bicyclic) bond motifs is 2. The lowest BCUT2D eigenvalue weighted by molar-refractivity contribution is -0.110. The molecule has 6 heteroatoms. The van der Waals surface area contributed by atoms with E-state index in [1.807, 2.05) is 19.9 Å². The minimum absolute atomic E-state index is 0.187. The van der Waals surface area contributed by atoms with Gasteiger partial charge in [-0.3, -0.25) is 9.69 Å². The van der Waals surface area contributed by atoms with Crippen LogP contribution in [0.25, 0.3) is 11.3 Å². The van der Waals surface area contributed by atoms with E-state index in [0.717, 1.165) is 43.6 Å². The molecule has 1 saturated heterocycles. The molecular weight excluding hydrogens is 383 g/mol. The first-order valence-electron chi connectivity index (χ1n) is 10.4. The van der Waals surface area contributed by atoms with Gasteiger partial charge in [-0.25, -0.2) is 4.39 Å². The van der Waals surface area contributed by atoms with Gasteiger partial charge in [-0.15, -0.1) is 0 Å². The van der Waals surface area contributed by atoms with Gasteiger partial charge in [0.05, 0.1) is 11.7 Å². The first-order chi connectivity index (χ1) is 14.3. The van der Waals surface area contributed by atoms with Gasteiger partial charge in [-0.2, -0.15) is 0 Å². The molecule has 5 rings (SSSR count). The number of benzene rings is 2. The number of aliphatic hydroxyl groups is 1. The summed E-state index contributed by atoms with van der Waals surface area (Å²) in [5.41, 5.74) is 4.00. The zero-order chi connectivity index (χ0) is 21.0. The number of anilines is 1. The summed E-state index contributed by atoms with van der Waals surface area (Å²) in [6.45, 7) is 6.56. The van der Waals surface area contributed by atoms with Gasteiger partial charge in [0.1, 0.15) is 17.2 Å². The van der Waals surface area contributed by atoms with E-state index >= 15 is 0 Å². The molecule has 156 valence electrons. The van der Waals surface area contributed by atoms with Crippen LogP contribution in [0.4, 0.5) is 10.1 Å². The summed E-state index contributed by atoms with van der Waals surface area (Å²) in [5, 5.41) is 12.5. The number of carbonyl (C=O) groups excluding carboxylic acids is 1. The Labute approximate surface area is 175 Å². The maximum atomic E-state index is 13.9. The van der Waals surface area contributed by atoms with Crippen LogP contribution in [0.15, 0.2) is 36.4 Å². The van der Waals surface area contributed by atoms with Crippen LogP contribution in [-0.2, 0) is 21.7 Å². The number of halogens is 1. The van der Waals surface area contributed by atoms with E-state index in [-0.39, 0.29) is 17.8 Å². The second-order valence-electron chi connectivity index (χ2n) is 8.85. The van der Waals surface area contributed by atoms with Crippen molar-refractivity contribution in [2.45, 2.75) is 44.9 Å². The largest absolute Gasteiger partial charge is 0.482 e. The Bertz CT molecular complexity index is 1070. The molecule has 2 N–H and O–H groups in total. The minimum atomic E-state index is -0.595. The molecular formula is C24H25FN2O3. The van der Waals surface area contributed by atoms with Crippen LogP contribution >= 0.6 is 0 Å². The third kappa shape index (κ3) is 3.20. The number of hydrogen-bond donors (Lipinski definition) is 2. The highest BCUT2D eigenvalue weighted by Gasteiger charge is 2.40. The molecule has 0 atom stereocenters. The number of aliphatic hydroxyl groups excluding tert-OH is 1. The van der Waals surface area contributed by atoms with Crippen molar-refractivity contribution in [1.82, 2.24) is 4.90 Å². The molecule has 3 heterocycles. The molecule has 0 saturated carbocycles. The lowest BCUT2D eigenvalue weighted by atomic mass is 9.92. The van der Waals surface area contributed by atoms with E-state index in [1.54, 1.807) is 6.07 Å². The summed E-state index contributed by atoms with van der Waals surface area (Å²) in [6, 6.07) is 10.5. The van der Waals surface area contributed by atoms with Gasteiger partial charge >= 0.3 is 0 Å². The summed E-state index contributed by atoms with van der Waals surface area (Å²) in [7, 11) is 0. The molecule has 0 aromatic heterocycles. The van der Waals surface area contributed by atoms with Gasteiger partial charge in [0.15, 0.2) is 0 Å². The number of piperidine rings is 1. The Kier molecular flexibility index (Phi) is 4.45. The van der Waals surface area contributed by atoms with Crippen molar-refractivity contribution >= 4 is 22.9 Å². The lowest BCUT2D eigenvalue weighted by Crippen LogP contribution is -2.35. The van der Waals surface area contributed by atoms with Crippen LogP contribution in [0.2, 0.25) is 0 Å². The van der Waals surface area contributed by atoms with Crippen LogP contribution < -0.4 is 5.32 Å². The van der Waals surface area contributed by atoms with E-state index in [1.165, 1.54) is 17.7 Å². The highest BCUT2D eigenvalue weighted by molar-refractivity contribution is 6.36. The first kappa shape index (κ1) is 19.3. The molecule has 2 aromatic carbocycles. The Morgan fingerprint density at radius 1 is 1.17 bits per heavy atom. The Balaban J connectivity index is 1.53. The molecule has 0 unspecified atom stereocenters. The highest BCUT2D eigenvalue weighted by atomic mass is 19.1. The Morgan fingerprint density at radius 2 is 1.93 bits per heavy atom. The van der Waals surface area contributed by atoms with Crippen molar-refractivity contribution in [2.75, 3.05) is 18.4 Å². The third-order valence-corrected chi connectivity index (χ3v) is 6.25. The van der Waals surface area contributed by atoms with Crippen LogP contribution in [0.1, 0.15) is 48.9 Å².